The van der Waals surface area contributed by atoms with Gasteiger partial charge in [0.2, 0.25) is 5.91 Å². The van der Waals surface area contributed by atoms with Crippen LogP contribution in [0.5, 0.6) is 0 Å². The lowest BCUT2D eigenvalue weighted by molar-refractivity contribution is -0.117. The highest BCUT2D eigenvalue weighted by Crippen LogP contribution is 2.15. The molecule has 0 aliphatic rings. The number of rotatable bonds is 5. The lowest BCUT2D eigenvalue weighted by atomic mass is 10.2. The van der Waals surface area contributed by atoms with E-state index >= 15 is 0 Å². The zero-order valence-corrected chi connectivity index (χ0v) is 15.8. The van der Waals surface area contributed by atoms with Crippen LogP contribution in [0, 0.1) is 26.6 Å². The molecule has 3 rings (SSSR count). The van der Waals surface area contributed by atoms with Crippen LogP contribution in [0.2, 0.25) is 0 Å². The van der Waals surface area contributed by atoms with Crippen LogP contribution < -0.4 is 10.6 Å². The quantitative estimate of drug-likeness (QED) is 0.710. The molecule has 2 aromatic carbocycles. The van der Waals surface area contributed by atoms with Crippen LogP contribution in [0.3, 0.4) is 0 Å². The van der Waals surface area contributed by atoms with Crippen LogP contribution in [0.25, 0.3) is 0 Å². The van der Waals surface area contributed by atoms with Crippen LogP contribution in [0.1, 0.15) is 27.3 Å². The van der Waals surface area contributed by atoms with E-state index in [0.29, 0.717) is 22.6 Å². The van der Waals surface area contributed by atoms with E-state index in [0.717, 1.165) is 5.56 Å². The SMILES string of the molecule is Cc1cccc(NC(=O)Cn2nnc(C(=O)Nc3ccc(C)c(F)c3)c2C)c1. The molecule has 0 radical (unpaired) electrons. The summed E-state index contributed by atoms with van der Waals surface area (Å²) in [5.74, 6) is -1.22. The first-order valence-corrected chi connectivity index (χ1v) is 8.67. The summed E-state index contributed by atoms with van der Waals surface area (Å²) in [5.41, 5.74) is 3.02. The minimum Gasteiger partial charge on any atom is -0.324 e. The number of hydrogen-bond donors (Lipinski definition) is 2. The molecule has 1 aromatic heterocycles. The maximum absolute atomic E-state index is 13.6. The third kappa shape index (κ3) is 4.40. The van der Waals surface area contributed by atoms with Gasteiger partial charge in [-0.1, -0.05) is 23.4 Å². The molecule has 0 aliphatic heterocycles. The Hall–Kier alpha value is -3.55. The molecule has 0 spiro atoms. The molecule has 0 aliphatic carbocycles. The monoisotopic (exact) mass is 381 g/mol. The Morgan fingerprint density at radius 3 is 2.50 bits per heavy atom. The van der Waals surface area contributed by atoms with Crippen LogP contribution in [-0.2, 0) is 11.3 Å². The van der Waals surface area contributed by atoms with Crippen LogP contribution in [-0.4, -0.2) is 26.8 Å². The fourth-order valence-corrected chi connectivity index (χ4v) is 2.64. The zero-order chi connectivity index (χ0) is 20.3. The van der Waals surface area contributed by atoms with E-state index in [1.165, 1.54) is 10.7 Å². The molecule has 2 N–H and O–H groups in total. The fraction of sp³-hybridized carbons (Fsp3) is 0.200. The van der Waals surface area contributed by atoms with Gasteiger partial charge >= 0.3 is 0 Å². The normalized spacial score (nSPS) is 10.6. The van der Waals surface area contributed by atoms with Gasteiger partial charge in [-0.15, -0.1) is 5.10 Å². The lowest BCUT2D eigenvalue weighted by Crippen LogP contribution is -2.21. The van der Waals surface area contributed by atoms with Crippen molar-refractivity contribution in [3.63, 3.8) is 0 Å². The first-order chi connectivity index (χ1) is 13.3. The summed E-state index contributed by atoms with van der Waals surface area (Å²) < 4.78 is 15.0. The van der Waals surface area contributed by atoms with Crippen molar-refractivity contribution in [3.05, 3.63) is 70.8 Å². The predicted octanol–water partition coefficient (Wildman–Crippen LogP) is 3.23. The zero-order valence-electron chi connectivity index (χ0n) is 15.8. The molecule has 0 atom stereocenters. The van der Waals surface area contributed by atoms with Crippen molar-refractivity contribution in [1.29, 1.82) is 0 Å². The Bertz CT molecular complexity index is 1040. The van der Waals surface area contributed by atoms with Gasteiger partial charge in [-0.3, -0.25) is 9.59 Å². The van der Waals surface area contributed by atoms with Crippen molar-refractivity contribution in [2.75, 3.05) is 10.6 Å². The molecular weight excluding hydrogens is 361 g/mol. The number of nitrogens with zero attached hydrogens (tertiary/aromatic N) is 3. The van der Waals surface area contributed by atoms with Gasteiger partial charge in [-0.25, -0.2) is 9.07 Å². The summed E-state index contributed by atoms with van der Waals surface area (Å²) in [7, 11) is 0. The third-order valence-corrected chi connectivity index (χ3v) is 4.22. The summed E-state index contributed by atoms with van der Waals surface area (Å²) in [4.78, 5) is 24.7. The number of aryl methyl sites for hydroxylation is 2. The average molecular weight is 381 g/mol. The molecule has 8 heteroatoms. The second kappa shape index (κ2) is 7.99. The number of halogens is 1. The highest BCUT2D eigenvalue weighted by atomic mass is 19.1. The summed E-state index contributed by atoms with van der Waals surface area (Å²) >= 11 is 0. The number of amides is 2. The number of carbonyl (C=O) groups excluding carboxylic acids is 2. The first-order valence-electron chi connectivity index (χ1n) is 8.67. The molecule has 7 nitrogen and oxygen atoms in total. The molecule has 0 bridgehead atoms. The van der Waals surface area contributed by atoms with E-state index in [4.69, 9.17) is 0 Å². The minimum absolute atomic E-state index is 0.0735. The molecule has 0 unspecified atom stereocenters. The smallest absolute Gasteiger partial charge is 0.278 e. The molecule has 144 valence electrons. The second-order valence-electron chi connectivity index (χ2n) is 6.52. The number of nitrogens with one attached hydrogen (secondary N) is 2. The maximum atomic E-state index is 13.6. The lowest BCUT2D eigenvalue weighted by Gasteiger charge is -2.07. The molecule has 3 aromatic rings. The summed E-state index contributed by atoms with van der Waals surface area (Å²) in [5, 5.41) is 13.1. The van der Waals surface area contributed by atoms with Crippen molar-refractivity contribution in [1.82, 2.24) is 15.0 Å². The molecular formula is C20H20FN5O2. The Kier molecular flexibility index (Phi) is 5.49. The van der Waals surface area contributed by atoms with Crippen molar-refractivity contribution in [3.8, 4) is 0 Å². The molecule has 28 heavy (non-hydrogen) atoms. The number of aromatic nitrogens is 3. The van der Waals surface area contributed by atoms with Gasteiger partial charge in [-0.05, 0) is 56.2 Å². The minimum atomic E-state index is -0.522. The van der Waals surface area contributed by atoms with E-state index in [1.54, 1.807) is 32.0 Å². The summed E-state index contributed by atoms with van der Waals surface area (Å²) in [6.07, 6.45) is 0. The van der Waals surface area contributed by atoms with Gasteiger partial charge in [-0.2, -0.15) is 0 Å². The summed E-state index contributed by atoms with van der Waals surface area (Å²) in [6.45, 7) is 5.13. The van der Waals surface area contributed by atoms with Gasteiger partial charge in [0, 0.05) is 11.4 Å². The number of anilines is 2. The maximum Gasteiger partial charge on any atom is 0.278 e. The molecule has 0 saturated heterocycles. The van der Waals surface area contributed by atoms with Gasteiger partial charge in [0.05, 0.1) is 5.69 Å². The molecule has 1 heterocycles. The van der Waals surface area contributed by atoms with Crippen LogP contribution >= 0.6 is 0 Å². The highest BCUT2D eigenvalue weighted by molar-refractivity contribution is 6.03. The van der Waals surface area contributed by atoms with Crippen molar-refractivity contribution in [2.45, 2.75) is 27.3 Å². The number of carbonyl (C=O) groups is 2. The van der Waals surface area contributed by atoms with Gasteiger partial charge in [0.15, 0.2) is 5.69 Å². The average Bonchev–Trinajstić information content (AvgIpc) is 2.99. The van der Waals surface area contributed by atoms with Crippen LogP contribution in [0.15, 0.2) is 42.5 Å². The fourth-order valence-electron chi connectivity index (χ4n) is 2.64. The molecule has 2 amide bonds. The van der Waals surface area contributed by atoms with E-state index in [1.807, 2.05) is 25.1 Å². The van der Waals surface area contributed by atoms with Gasteiger partial charge < -0.3 is 10.6 Å². The first kappa shape index (κ1) is 19.2. The number of benzene rings is 2. The van der Waals surface area contributed by atoms with Crippen LogP contribution in [0.4, 0.5) is 15.8 Å². The number of hydrogen-bond acceptors (Lipinski definition) is 4. The topological polar surface area (TPSA) is 88.9 Å². The van der Waals surface area contributed by atoms with Crippen molar-refractivity contribution in [2.24, 2.45) is 0 Å². The largest absolute Gasteiger partial charge is 0.324 e. The van der Waals surface area contributed by atoms with Crippen molar-refractivity contribution < 1.29 is 14.0 Å². The van der Waals surface area contributed by atoms with Gasteiger partial charge in [0.1, 0.15) is 12.4 Å². The summed E-state index contributed by atoms with van der Waals surface area (Å²) in [6, 6.07) is 11.8. The van der Waals surface area contributed by atoms with Gasteiger partial charge in [0.25, 0.3) is 5.91 Å². The Morgan fingerprint density at radius 1 is 1.04 bits per heavy atom. The Balaban J connectivity index is 1.68. The van der Waals surface area contributed by atoms with Crippen molar-refractivity contribution >= 4 is 23.2 Å². The third-order valence-electron chi connectivity index (χ3n) is 4.22. The molecule has 0 saturated carbocycles. The van der Waals surface area contributed by atoms with E-state index < -0.39 is 11.7 Å². The van der Waals surface area contributed by atoms with E-state index in [2.05, 4.69) is 20.9 Å². The Morgan fingerprint density at radius 2 is 1.79 bits per heavy atom. The predicted molar refractivity (Wildman–Crippen MR) is 104 cm³/mol. The highest BCUT2D eigenvalue weighted by Gasteiger charge is 2.18. The van der Waals surface area contributed by atoms with E-state index in [-0.39, 0.29) is 18.1 Å². The molecule has 0 fully saturated rings. The van der Waals surface area contributed by atoms with E-state index in [9.17, 15) is 14.0 Å². The second-order valence-corrected chi connectivity index (χ2v) is 6.52. The Labute approximate surface area is 161 Å². The standard InChI is InChI=1S/C20H20FN5O2/c1-12-5-4-6-15(9-12)22-18(27)11-26-14(3)19(24-25-26)20(28)23-16-8-7-13(2)17(21)10-16/h4-10H,11H2,1-3H3,(H,22,27)(H,23,28).